The lowest BCUT2D eigenvalue weighted by molar-refractivity contribution is -0.167. The van der Waals surface area contributed by atoms with E-state index in [9.17, 15) is 14.4 Å². The van der Waals surface area contributed by atoms with E-state index in [2.05, 4.69) is 27.7 Å². The average Bonchev–Trinajstić information content (AvgIpc) is 3.18. The fourth-order valence-corrected chi connectivity index (χ4v) is 7.30. The second-order valence-corrected chi connectivity index (χ2v) is 17.0. The smallest absolute Gasteiger partial charge is 0.306 e. The summed E-state index contributed by atoms with van der Waals surface area (Å²) >= 11 is 0. The van der Waals surface area contributed by atoms with Gasteiger partial charge in [0.15, 0.2) is 6.10 Å². The van der Waals surface area contributed by atoms with E-state index in [0.29, 0.717) is 19.3 Å². The van der Waals surface area contributed by atoms with Crippen molar-refractivity contribution in [2.75, 3.05) is 13.2 Å². The van der Waals surface area contributed by atoms with E-state index in [-0.39, 0.29) is 31.1 Å². The fraction of sp³-hybridized carbons (Fsp3) is 0.939. The summed E-state index contributed by atoms with van der Waals surface area (Å²) in [6.07, 6.45) is 43.6. The SMILES string of the molecule is CCCCCCCCCCCCCCCCC(=O)OC[C@H](COC(=O)CCCCCCCCCCCCC(C)CC)OC(=O)CCCCCCCCCCC. The highest BCUT2D eigenvalue weighted by Gasteiger charge is 2.19. The van der Waals surface area contributed by atoms with Gasteiger partial charge in [0.1, 0.15) is 13.2 Å². The van der Waals surface area contributed by atoms with Gasteiger partial charge in [-0.05, 0) is 25.2 Å². The van der Waals surface area contributed by atoms with Crippen LogP contribution in [-0.4, -0.2) is 37.2 Å². The number of hydrogen-bond donors (Lipinski definition) is 0. The first-order valence-corrected chi connectivity index (χ1v) is 24.4. The van der Waals surface area contributed by atoms with Gasteiger partial charge in [0.2, 0.25) is 0 Å². The third-order valence-electron chi connectivity index (χ3n) is 11.4. The summed E-state index contributed by atoms with van der Waals surface area (Å²) in [5.41, 5.74) is 0. The van der Waals surface area contributed by atoms with Crippen LogP contribution in [0.3, 0.4) is 0 Å². The van der Waals surface area contributed by atoms with Crippen molar-refractivity contribution in [3.8, 4) is 0 Å². The number of carbonyl (C=O) groups excluding carboxylic acids is 3. The molecule has 0 aliphatic rings. The van der Waals surface area contributed by atoms with Crippen molar-refractivity contribution >= 4 is 17.9 Å². The molecule has 0 aromatic heterocycles. The van der Waals surface area contributed by atoms with Gasteiger partial charge < -0.3 is 14.2 Å². The van der Waals surface area contributed by atoms with E-state index >= 15 is 0 Å². The lowest BCUT2D eigenvalue weighted by Gasteiger charge is -2.18. The molecule has 6 nitrogen and oxygen atoms in total. The molecule has 0 aliphatic heterocycles. The number of esters is 3. The van der Waals surface area contributed by atoms with Crippen LogP contribution < -0.4 is 0 Å². The molecule has 0 bridgehead atoms. The van der Waals surface area contributed by atoms with Crippen LogP contribution in [0.25, 0.3) is 0 Å². The Labute approximate surface area is 342 Å². The van der Waals surface area contributed by atoms with E-state index in [1.807, 2.05) is 0 Å². The summed E-state index contributed by atoms with van der Waals surface area (Å²) in [4.78, 5) is 37.8. The Morgan fingerprint density at radius 1 is 0.364 bits per heavy atom. The number of unbranched alkanes of at least 4 members (excludes halogenated alkanes) is 30. The van der Waals surface area contributed by atoms with Crippen LogP contribution in [0.1, 0.15) is 272 Å². The minimum atomic E-state index is -0.759. The Morgan fingerprint density at radius 3 is 0.945 bits per heavy atom. The van der Waals surface area contributed by atoms with E-state index < -0.39 is 6.10 Å². The molecular weight excluding hydrogens is 685 g/mol. The molecule has 0 N–H and O–H groups in total. The zero-order valence-corrected chi connectivity index (χ0v) is 37.4. The monoisotopic (exact) mass is 779 g/mol. The standard InChI is InChI=1S/C49H94O6/c1-5-8-10-12-14-16-17-18-19-20-25-28-32-36-40-47(50)53-43-46(55-49(52)42-38-34-30-23-15-13-11-9-6-2)44-54-48(51)41-37-33-29-26-22-21-24-27-31-35-39-45(4)7-3/h45-46H,5-44H2,1-4H3/t45?,46-/m1/s1. The second kappa shape index (κ2) is 43.5. The summed E-state index contributed by atoms with van der Waals surface area (Å²) in [5, 5.41) is 0. The van der Waals surface area contributed by atoms with Gasteiger partial charge in [-0.3, -0.25) is 14.4 Å². The van der Waals surface area contributed by atoms with Gasteiger partial charge in [-0.2, -0.15) is 0 Å². The van der Waals surface area contributed by atoms with Crippen molar-refractivity contribution in [3.63, 3.8) is 0 Å². The molecule has 0 amide bonds. The Morgan fingerprint density at radius 2 is 0.636 bits per heavy atom. The molecule has 55 heavy (non-hydrogen) atoms. The summed E-state index contributed by atoms with van der Waals surface area (Å²) in [6, 6.07) is 0. The van der Waals surface area contributed by atoms with Crippen LogP contribution in [0.15, 0.2) is 0 Å². The predicted octanol–water partition coefficient (Wildman–Crippen LogP) is 15.5. The third kappa shape index (κ3) is 41.9. The van der Waals surface area contributed by atoms with Crippen molar-refractivity contribution in [3.05, 3.63) is 0 Å². The first kappa shape index (κ1) is 53.4. The Balaban J connectivity index is 4.28. The van der Waals surface area contributed by atoms with Gasteiger partial charge in [0.25, 0.3) is 0 Å². The van der Waals surface area contributed by atoms with Crippen LogP contribution in [0.4, 0.5) is 0 Å². The highest BCUT2D eigenvalue weighted by atomic mass is 16.6. The minimum Gasteiger partial charge on any atom is -0.462 e. The number of carbonyl (C=O) groups is 3. The topological polar surface area (TPSA) is 78.9 Å². The molecule has 0 fully saturated rings. The van der Waals surface area contributed by atoms with Crippen molar-refractivity contribution in [1.82, 2.24) is 0 Å². The average molecular weight is 779 g/mol. The second-order valence-electron chi connectivity index (χ2n) is 17.0. The lowest BCUT2D eigenvalue weighted by Crippen LogP contribution is -2.30. The number of ether oxygens (including phenoxy) is 3. The molecule has 0 aromatic rings. The molecule has 0 spiro atoms. The highest BCUT2D eigenvalue weighted by molar-refractivity contribution is 5.71. The first-order valence-electron chi connectivity index (χ1n) is 24.4. The maximum absolute atomic E-state index is 12.7. The number of rotatable bonds is 44. The number of hydrogen-bond acceptors (Lipinski definition) is 6. The van der Waals surface area contributed by atoms with Crippen molar-refractivity contribution in [1.29, 1.82) is 0 Å². The van der Waals surface area contributed by atoms with E-state index in [0.717, 1.165) is 63.7 Å². The summed E-state index contributed by atoms with van der Waals surface area (Å²) in [7, 11) is 0. The normalized spacial score (nSPS) is 12.4. The van der Waals surface area contributed by atoms with Crippen LogP contribution in [0, 0.1) is 5.92 Å². The van der Waals surface area contributed by atoms with E-state index in [1.165, 1.54) is 167 Å². The molecule has 2 atom stereocenters. The zero-order chi connectivity index (χ0) is 40.3. The van der Waals surface area contributed by atoms with Crippen LogP contribution in [0.5, 0.6) is 0 Å². The first-order chi connectivity index (χ1) is 26.9. The van der Waals surface area contributed by atoms with Gasteiger partial charge in [-0.25, -0.2) is 0 Å². The van der Waals surface area contributed by atoms with Crippen molar-refractivity contribution < 1.29 is 28.6 Å². The summed E-state index contributed by atoms with van der Waals surface area (Å²) in [6.45, 7) is 9.02. The van der Waals surface area contributed by atoms with Gasteiger partial charge in [-0.1, -0.05) is 233 Å². The van der Waals surface area contributed by atoms with Crippen LogP contribution in [-0.2, 0) is 28.6 Å². The molecule has 0 saturated heterocycles. The molecular formula is C49H94O6. The van der Waals surface area contributed by atoms with Gasteiger partial charge in [-0.15, -0.1) is 0 Å². The molecule has 0 radical (unpaired) electrons. The Kier molecular flexibility index (Phi) is 42.3. The molecule has 1 unspecified atom stereocenters. The van der Waals surface area contributed by atoms with E-state index in [4.69, 9.17) is 14.2 Å². The zero-order valence-electron chi connectivity index (χ0n) is 37.4. The molecule has 0 saturated carbocycles. The lowest BCUT2D eigenvalue weighted by atomic mass is 9.99. The maximum atomic E-state index is 12.7. The molecule has 0 aliphatic carbocycles. The van der Waals surface area contributed by atoms with Gasteiger partial charge in [0, 0.05) is 19.3 Å². The van der Waals surface area contributed by atoms with Crippen LogP contribution in [0.2, 0.25) is 0 Å². The molecule has 0 heterocycles. The quantitative estimate of drug-likeness (QED) is 0.0348. The molecule has 6 heteroatoms. The van der Waals surface area contributed by atoms with E-state index in [1.54, 1.807) is 0 Å². The molecule has 326 valence electrons. The minimum absolute atomic E-state index is 0.0634. The fourth-order valence-electron chi connectivity index (χ4n) is 7.30. The summed E-state index contributed by atoms with van der Waals surface area (Å²) < 4.78 is 16.7. The van der Waals surface area contributed by atoms with Gasteiger partial charge >= 0.3 is 17.9 Å². The van der Waals surface area contributed by atoms with Crippen molar-refractivity contribution in [2.45, 2.75) is 278 Å². The maximum Gasteiger partial charge on any atom is 0.306 e. The predicted molar refractivity (Wildman–Crippen MR) is 233 cm³/mol. The summed E-state index contributed by atoms with van der Waals surface area (Å²) in [5.74, 6) is 0.0182. The third-order valence-corrected chi connectivity index (χ3v) is 11.4. The largest absolute Gasteiger partial charge is 0.462 e. The Bertz CT molecular complexity index is 828. The Hall–Kier alpha value is -1.59. The van der Waals surface area contributed by atoms with Crippen molar-refractivity contribution in [2.24, 2.45) is 5.92 Å². The van der Waals surface area contributed by atoms with Gasteiger partial charge in [0.05, 0.1) is 0 Å². The van der Waals surface area contributed by atoms with Crippen LogP contribution >= 0.6 is 0 Å². The molecule has 0 rings (SSSR count). The highest BCUT2D eigenvalue weighted by Crippen LogP contribution is 2.17. The molecule has 0 aromatic carbocycles.